The molecule has 2 heterocycles. The molecule has 1 saturated heterocycles. The third kappa shape index (κ3) is 5.53. The number of piperidine rings is 1. The van der Waals surface area contributed by atoms with E-state index in [1.807, 2.05) is 20.8 Å². The van der Waals surface area contributed by atoms with Crippen molar-refractivity contribution in [3.05, 3.63) is 18.2 Å². The van der Waals surface area contributed by atoms with Crippen LogP contribution in [-0.2, 0) is 15.5 Å². The number of halogens is 1. The summed E-state index contributed by atoms with van der Waals surface area (Å²) in [7, 11) is -1.40. The zero-order valence-corrected chi connectivity index (χ0v) is 14.4. The van der Waals surface area contributed by atoms with Gasteiger partial charge in [-0.25, -0.2) is 19.2 Å². The van der Waals surface area contributed by atoms with Gasteiger partial charge in [0.05, 0.1) is 23.2 Å². The summed E-state index contributed by atoms with van der Waals surface area (Å²) in [5.41, 5.74) is -0.533. The van der Waals surface area contributed by atoms with Crippen LogP contribution in [0.15, 0.2) is 17.6 Å². The molecule has 6 nitrogen and oxygen atoms in total. The van der Waals surface area contributed by atoms with Crippen LogP contribution in [0.25, 0.3) is 0 Å². The molecule has 23 heavy (non-hydrogen) atoms. The number of carbonyl (C=O) groups is 1. The molecule has 0 N–H and O–H groups in total. The van der Waals surface area contributed by atoms with Gasteiger partial charge in [-0.05, 0) is 39.5 Å². The number of likely N-dealkylation sites (tertiary alicyclic amines) is 1. The average Bonchev–Trinajstić information content (AvgIpc) is 2.46. The lowest BCUT2D eigenvalue weighted by atomic mass is 10.0. The first-order valence-electron chi connectivity index (χ1n) is 7.58. The molecule has 128 valence electrons. The molecule has 1 aliphatic heterocycles. The van der Waals surface area contributed by atoms with Gasteiger partial charge in [0.2, 0.25) is 5.16 Å². The lowest BCUT2D eigenvalue weighted by molar-refractivity contribution is 0.0176. The van der Waals surface area contributed by atoms with E-state index < -0.39 is 22.2 Å². The van der Waals surface area contributed by atoms with Crippen molar-refractivity contribution in [3.63, 3.8) is 0 Å². The lowest BCUT2D eigenvalue weighted by Crippen LogP contribution is -2.44. The number of hydrogen-bond donors (Lipinski definition) is 0. The highest BCUT2D eigenvalue weighted by molar-refractivity contribution is 7.84. The Morgan fingerprint density at radius 3 is 2.70 bits per heavy atom. The van der Waals surface area contributed by atoms with E-state index in [0.29, 0.717) is 18.8 Å². The Morgan fingerprint density at radius 1 is 1.43 bits per heavy atom. The summed E-state index contributed by atoms with van der Waals surface area (Å²) >= 11 is 0. The van der Waals surface area contributed by atoms with Crippen molar-refractivity contribution < 1.29 is 18.1 Å². The SMILES string of the molecule is CC(C)(C)OC(=O)N1CCC[C@@H](C[S@](=O)c2ncc(F)cn2)C1. The van der Waals surface area contributed by atoms with E-state index in [4.69, 9.17) is 4.74 Å². The molecular weight excluding hydrogens is 321 g/mol. The third-order valence-electron chi connectivity index (χ3n) is 3.36. The molecule has 1 aromatic heterocycles. The minimum Gasteiger partial charge on any atom is -0.444 e. The normalized spacial score (nSPS) is 20.2. The Labute approximate surface area is 137 Å². The molecule has 2 atom stereocenters. The maximum Gasteiger partial charge on any atom is 0.410 e. The molecular formula is C15H22FN3O3S. The van der Waals surface area contributed by atoms with Gasteiger partial charge < -0.3 is 9.64 Å². The summed E-state index contributed by atoms with van der Waals surface area (Å²) < 4.78 is 30.4. The van der Waals surface area contributed by atoms with Crippen molar-refractivity contribution in [2.45, 2.75) is 44.4 Å². The summed E-state index contributed by atoms with van der Waals surface area (Å²) in [6.07, 6.45) is 3.39. The molecule has 0 unspecified atom stereocenters. The molecule has 1 fully saturated rings. The molecule has 0 radical (unpaired) electrons. The quantitative estimate of drug-likeness (QED) is 0.788. The van der Waals surface area contributed by atoms with Gasteiger partial charge in [0.15, 0.2) is 5.82 Å². The largest absolute Gasteiger partial charge is 0.444 e. The van der Waals surface area contributed by atoms with Crippen LogP contribution in [0.4, 0.5) is 9.18 Å². The highest BCUT2D eigenvalue weighted by atomic mass is 32.2. The number of amides is 1. The van der Waals surface area contributed by atoms with E-state index in [0.717, 1.165) is 25.2 Å². The van der Waals surface area contributed by atoms with E-state index in [2.05, 4.69) is 9.97 Å². The molecule has 1 aromatic rings. The minimum atomic E-state index is -1.40. The second-order valence-electron chi connectivity index (χ2n) is 6.63. The van der Waals surface area contributed by atoms with Crippen LogP contribution in [-0.4, -0.2) is 49.6 Å². The van der Waals surface area contributed by atoms with Gasteiger partial charge in [-0.1, -0.05) is 0 Å². The number of nitrogens with zero attached hydrogens (tertiary/aromatic N) is 3. The van der Waals surface area contributed by atoms with Gasteiger partial charge in [0.1, 0.15) is 5.60 Å². The molecule has 8 heteroatoms. The number of aromatic nitrogens is 2. The van der Waals surface area contributed by atoms with Gasteiger partial charge in [-0.3, -0.25) is 4.21 Å². The summed E-state index contributed by atoms with van der Waals surface area (Å²) in [5, 5.41) is 0.126. The maximum absolute atomic E-state index is 12.8. The first kappa shape index (κ1) is 17.8. The molecule has 1 aliphatic rings. The van der Waals surface area contributed by atoms with Crippen LogP contribution < -0.4 is 0 Å². The summed E-state index contributed by atoms with van der Waals surface area (Å²) in [6.45, 7) is 6.63. The van der Waals surface area contributed by atoms with Gasteiger partial charge in [-0.15, -0.1) is 0 Å². The fourth-order valence-corrected chi connectivity index (χ4v) is 3.59. The Bertz CT molecular complexity index is 574. The highest BCUT2D eigenvalue weighted by Crippen LogP contribution is 2.21. The van der Waals surface area contributed by atoms with E-state index in [-0.39, 0.29) is 17.2 Å². The minimum absolute atomic E-state index is 0.0887. The van der Waals surface area contributed by atoms with Crippen LogP contribution >= 0.6 is 0 Å². The summed E-state index contributed by atoms with van der Waals surface area (Å²) in [6, 6.07) is 0. The molecule has 0 aliphatic carbocycles. The van der Waals surface area contributed by atoms with Crippen LogP contribution in [0.5, 0.6) is 0 Å². The monoisotopic (exact) mass is 343 g/mol. The molecule has 0 bridgehead atoms. The van der Waals surface area contributed by atoms with E-state index in [9.17, 15) is 13.4 Å². The number of carbonyl (C=O) groups excluding carboxylic acids is 1. The van der Waals surface area contributed by atoms with E-state index in [1.54, 1.807) is 4.90 Å². The predicted molar refractivity (Wildman–Crippen MR) is 83.8 cm³/mol. The predicted octanol–water partition coefficient (Wildman–Crippen LogP) is 2.37. The lowest BCUT2D eigenvalue weighted by Gasteiger charge is -2.33. The van der Waals surface area contributed by atoms with Crippen LogP contribution in [0.2, 0.25) is 0 Å². The standard InChI is InChI=1S/C15H22FN3O3S/c1-15(2,3)22-14(20)19-6-4-5-11(9-19)10-23(21)13-17-7-12(16)8-18-13/h7-8,11H,4-6,9-10H2,1-3H3/t11-,23+/m1/s1. The number of hydrogen-bond acceptors (Lipinski definition) is 5. The molecule has 2 rings (SSSR count). The van der Waals surface area contributed by atoms with Crippen LogP contribution in [0.1, 0.15) is 33.6 Å². The van der Waals surface area contributed by atoms with Crippen molar-refractivity contribution >= 4 is 16.9 Å². The van der Waals surface area contributed by atoms with Gasteiger partial charge >= 0.3 is 6.09 Å². The second-order valence-corrected chi connectivity index (χ2v) is 8.02. The first-order chi connectivity index (χ1) is 10.7. The zero-order chi connectivity index (χ0) is 17.0. The third-order valence-corrected chi connectivity index (χ3v) is 4.75. The van der Waals surface area contributed by atoms with Crippen LogP contribution in [0, 0.1) is 11.7 Å². The number of ether oxygens (including phenoxy) is 1. The van der Waals surface area contributed by atoms with Gasteiger partial charge in [0, 0.05) is 18.8 Å². The van der Waals surface area contributed by atoms with Crippen molar-refractivity contribution in [2.75, 3.05) is 18.8 Å². The molecule has 0 aromatic carbocycles. The van der Waals surface area contributed by atoms with Gasteiger partial charge in [0.25, 0.3) is 0 Å². The van der Waals surface area contributed by atoms with Crippen molar-refractivity contribution in [1.82, 2.24) is 14.9 Å². The summed E-state index contributed by atoms with van der Waals surface area (Å²) in [4.78, 5) is 21.3. The van der Waals surface area contributed by atoms with E-state index in [1.165, 1.54) is 0 Å². The molecule has 0 saturated carbocycles. The Kier molecular flexibility index (Phi) is 5.67. The second kappa shape index (κ2) is 7.33. The van der Waals surface area contributed by atoms with Crippen molar-refractivity contribution in [2.24, 2.45) is 5.92 Å². The van der Waals surface area contributed by atoms with E-state index >= 15 is 0 Å². The fraction of sp³-hybridized carbons (Fsp3) is 0.667. The smallest absolute Gasteiger partial charge is 0.410 e. The topological polar surface area (TPSA) is 72.4 Å². The molecule has 1 amide bonds. The zero-order valence-electron chi connectivity index (χ0n) is 13.6. The average molecular weight is 343 g/mol. The van der Waals surface area contributed by atoms with Crippen molar-refractivity contribution in [1.29, 1.82) is 0 Å². The van der Waals surface area contributed by atoms with Crippen molar-refractivity contribution in [3.8, 4) is 0 Å². The Morgan fingerprint density at radius 2 is 2.09 bits per heavy atom. The molecule has 0 spiro atoms. The highest BCUT2D eigenvalue weighted by Gasteiger charge is 2.29. The van der Waals surface area contributed by atoms with Gasteiger partial charge in [-0.2, -0.15) is 0 Å². The fourth-order valence-electron chi connectivity index (χ4n) is 2.40. The maximum atomic E-state index is 12.8. The first-order valence-corrected chi connectivity index (χ1v) is 8.90. The Hall–Kier alpha value is -1.57. The number of rotatable bonds is 3. The Balaban J connectivity index is 1.92. The summed E-state index contributed by atoms with van der Waals surface area (Å²) in [5.74, 6) is -0.115. The van der Waals surface area contributed by atoms with Crippen LogP contribution in [0.3, 0.4) is 0 Å².